The Morgan fingerprint density at radius 1 is 1.24 bits per heavy atom. The molecule has 0 spiro atoms. The smallest absolute Gasteiger partial charge is 0.0429 e. The number of nitrogens with one attached hydrogen (secondary N) is 1. The van der Waals surface area contributed by atoms with Crippen LogP contribution < -0.4 is 5.32 Å². The average molecular weight is 228 g/mol. The van der Waals surface area contributed by atoms with Crippen molar-refractivity contribution in [3.63, 3.8) is 0 Å². The van der Waals surface area contributed by atoms with E-state index in [0.717, 1.165) is 12.0 Å². The number of fused-ring (bicyclic) bond motifs is 3. The van der Waals surface area contributed by atoms with E-state index in [0.29, 0.717) is 6.04 Å². The quantitative estimate of drug-likeness (QED) is 0.836. The lowest BCUT2D eigenvalue weighted by atomic mass is 10.1. The maximum absolute atomic E-state index is 3.68. The van der Waals surface area contributed by atoms with Gasteiger partial charge < -0.3 is 5.32 Å². The van der Waals surface area contributed by atoms with Gasteiger partial charge in [0.05, 0.1) is 0 Å². The highest BCUT2D eigenvalue weighted by Gasteiger charge is 2.38. The summed E-state index contributed by atoms with van der Waals surface area (Å²) in [6.45, 7) is 2.61. The van der Waals surface area contributed by atoms with Crippen LogP contribution >= 0.6 is 0 Å². The summed E-state index contributed by atoms with van der Waals surface area (Å²) in [5.41, 5.74) is 2.86. The zero-order valence-corrected chi connectivity index (χ0v) is 10.2. The van der Waals surface area contributed by atoms with Gasteiger partial charge in [-0.2, -0.15) is 0 Å². The molecule has 3 atom stereocenters. The highest BCUT2D eigenvalue weighted by atomic mass is 15.2. The highest BCUT2D eigenvalue weighted by molar-refractivity contribution is 5.56. The van der Waals surface area contributed by atoms with Gasteiger partial charge in [0.15, 0.2) is 0 Å². The monoisotopic (exact) mass is 228 g/mol. The summed E-state index contributed by atoms with van der Waals surface area (Å²) in [5, 5.41) is 3.68. The van der Waals surface area contributed by atoms with E-state index in [1.54, 1.807) is 0 Å². The summed E-state index contributed by atoms with van der Waals surface area (Å²) >= 11 is 0. The number of para-hydroxylation sites is 1. The van der Waals surface area contributed by atoms with Crippen molar-refractivity contribution in [1.29, 1.82) is 0 Å². The number of hydrogen-bond acceptors (Lipinski definition) is 2. The molecular formula is C15H20N2. The number of nitrogens with zero attached hydrogens (tertiary/aromatic N) is 1. The minimum absolute atomic E-state index is 0.645. The molecule has 1 saturated heterocycles. The van der Waals surface area contributed by atoms with E-state index in [-0.39, 0.29) is 0 Å². The Bertz CT molecular complexity index is 404. The molecule has 2 bridgehead atoms. The topological polar surface area (TPSA) is 15.3 Å². The Morgan fingerprint density at radius 2 is 2.18 bits per heavy atom. The highest BCUT2D eigenvalue weighted by Crippen LogP contribution is 2.38. The predicted octanol–water partition coefficient (Wildman–Crippen LogP) is 2.51. The van der Waals surface area contributed by atoms with Gasteiger partial charge in [0.2, 0.25) is 0 Å². The first-order valence-corrected chi connectivity index (χ1v) is 6.97. The standard InChI is InChI=1S/C15H20N2/c1-2-4-15-12(3-1)8-13(16-15)10-17-9-11-5-6-14(17)7-11/h1-4,11,13-14,16H,5-10H2. The van der Waals surface area contributed by atoms with Crippen LogP contribution in [0.5, 0.6) is 0 Å². The average Bonchev–Trinajstić information content (AvgIpc) is 3.01. The minimum atomic E-state index is 0.645. The van der Waals surface area contributed by atoms with Gasteiger partial charge in [-0.05, 0) is 43.2 Å². The second-order valence-electron chi connectivity index (χ2n) is 5.99. The van der Waals surface area contributed by atoms with E-state index in [4.69, 9.17) is 0 Å². The summed E-state index contributed by atoms with van der Waals surface area (Å²) in [6, 6.07) is 10.3. The van der Waals surface area contributed by atoms with Gasteiger partial charge >= 0.3 is 0 Å². The van der Waals surface area contributed by atoms with Crippen molar-refractivity contribution >= 4 is 5.69 Å². The molecule has 2 aliphatic heterocycles. The van der Waals surface area contributed by atoms with E-state index in [9.17, 15) is 0 Å². The molecule has 2 heterocycles. The van der Waals surface area contributed by atoms with Crippen LogP contribution in [-0.4, -0.2) is 30.1 Å². The molecule has 17 heavy (non-hydrogen) atoms. The van der Waals surface area contributed by atoms with E-state index in [2.05, 4.69) is 34.5 Å². The fourth-order valence-corrected chi connectivity index (χ4v) is 4.02. The summed E-state index contributed by atoms with van der Waals surface area (Å²) in [6.07, 6.45) is 5.62. The number of hydrogen-bond donors (Lipinski definition) is 1. The molecule has 2 fully saturated rings. The van der Waals surface area contributed by atoms with Gasteiger partial charge in [-0.15, -0.1) is 0 Å². The van der Waals surface area contributed by atoms with Crippen LogP contribution in [0.4, 0.5) is 5.69 Å². The molecule has 0 amide bonds. The third-order valence-electron chi connectivity index (χ3n) is 4.82. The van der Waals surface area contributed by atoms with Crippen molar-refractivity contribution in [2.24, 2.45) is 5.92 Å². The van der Waals surface area contributed by atoms with Crippen LogP contribution in [0.15, 0.2) is 24.3 Å². The largest absolute Gasteiger partial charge is 0.380 e. The fourth-order valence-electron chi connectivity index (χ4n) is 4.02. The molecular weight excluding hydrogens is 208 g/mol. The molecule has 90 valence electrons. The van der Waals surface area contributed by atoms with Crippen molar-refractivity contribution in [1.82, 2.24) is 4.90 Å². The molecule has 0 aromatic heterocycles. The second kappa shape index (κ2) is 3.74. The van der Waals surface area contributed by atoms with E-state index >= 15 is 0 Å². The molecule has 3 aliphatic rings. The summed E-state index contributed by atoms with van der Waals surface area (Å²) < 4.78 is 0. The first-order chi connectivity index (χ1) is 8.38. The molecule has 1 aliphatic carbocycles. The van der Waals surface area contributed by atoms with Crippen LogP contribution in [0, 0.1) is 5.92 Å². The zero-order valence-electron chi connectivity index (χ0n) is 10.2. The van der Waals surface area contributed by atoms with E-state index < -0.39 is 0 Å². The zero-order chi connectivity index (χ0) is 11.2. The van der Waals surface area contributed by atoms with Crippen molar-refractivity contribution in [3.05, 3.63) is 29.8 Å². The van der Waals surface area contributed by atoms with Gasteiger partial charge in [-0.1, -0.05) is 18.2 Å². The van der Waals surface area contributed by atoms with Crippen LogP contribution in [0.3, 0.4) is 0 Å². The van der Waals surface area contributed by atoms with Crippen molar-refractivity contribution in [2.75, 3.05) is 18.4 Å². The molecule has 1 aromatic rings. The number of rotatable bonds is 2. The van der Waals surface area contributed by atoms with Crippen LogP contribution in [0.1, 0.15) is 24.8 Å². The molecule has 0 radical (unpaired) electrons. The third kappa shape index (κ3) is 1.66. The lowest BCUT2D eigenvalue weighted by Crippen LogP contribution is -2.40. The van der Waals surface area contributed by atoms with Gasteiger partial charge in [-0.25, -0.2) is 0 Å². The molecule has 1 N–H and O–H groups in total. The summed E-state index contributed by atoms with van der Waals surface area (Å²) in [5.74, 6) is 1.02. The molecule has 2 heteroatoms. The van der Waals surface area contributed by atoms with Crippen LogP contribution in [0.25, 0.3) is 0 Å². The molecule has 4 rings (SSSR count). The minimum Gasteiger partial charge on any atom is -0.380 e. The van der Waals surface area contributed by atoms with E-state index in [1.165, 1.54) is 50.0 Å². The van der Waals surface area contributed by atoms with Crippen molar-refractivity contribution in [3.8, 4) is 0 Å². The van der Waals surface area contributed by atoms with Crippen LogP contribution in [0.2, 0.25) is 0 Å². The number of likely N-dealkylation sites (tertiary alicyclic amines) is 1. The maximum atomic E-state index is 3.68. The number of benzene rings is 1. The fraction of sp³-hybridized carbons (Fsp3) is 0.600. The van der Waals surface area contributed by atoms with Crippen LogP contribution in [-0.2, 0) is 6.42 Å². The number of anilines is 1. The molecule has 1 saturated carbocycles. The summed E-state index contributed by atoms with van der Waals surface area (Å²) in [7, 11) is 0. The molecule has 2 nitrogen and oxygen atoms in total. The van der Waals surface area contributed by atoms with Gasteiger partial charge in [-0.3, -0.25) is 4.90 Å². The SMILES string of the molecule is c1ccc2c(c1)CC(CN1CC3CCC1C3)N2. The Hall–Kier alpha value is -1.02. The lowest BCUT2D eigenvalue weighted by Gasteiger charge is -2.29. The summed E-state index contributed by atoms with van der Waals surface area (Å²) in [4.78, 5) is 2.73. The second-order valence-corrected chi connectivity index (χ2v) is 5.99. The van der Waals surface area contributed by atoms with Gasteiger partial charge in [0, 0.05) is 30.9 Å². The Labute approximate surface area is 103 Å². The number of piperidine rings is 1. The van der Waals surface area contributed by atoms with Crippen molar-refractivity contribution in [2.45, 2.75) is 37.8 Å². The van der Waals surface area contributed by atoms with Crippen molar-refractivity contribution < 1.29 is 0 Å². The first-order valence-electron chi connectivity index (χ1n) is 6.97. The van der Waals surface area contributed by atoms with E-state index in [1.807, 2.05) is 0 Å². The first kappa shape index (κ1) is 9.95. The molecule has 1 aromatic carbocycles. The van der Waals surface area contributed by atoms with Gasteiger partial charge in [0.25, 0.3) is 0 Å². The normalized spacial score (nSPS) is 34.9. The Balaban J connectivity index is 1.43. The Morgan fingerprint density at radius 3 is 2.94 bits per heavy atom. The van der Waals surface area contributed by atoms with Gasteiger partial charge in [0.1, 0.15) is 0 Å². The molecule has 3 unspecified atom stereocenters. The Kier molecular flexibility index (Phi) is 2.19. The lowest BCUT2D eigenvalue weighted by molar-refractivity contribution is 0.206. The third-order valence-corrected chi connectivity index (χ3v) is 4.82. The predicted molar refractivity (Wildman–Crippen MR) is 70.3 cm³/mol. The maximum Gasteiger partial charge on any atom is 0.0429 e.